The second kappa shape index (κ2) is 6.06. The summed E-state index contributed by atoms with van der Waals surface area (Å²) >= 11 is 0. The van der Waals surface area contributed by atoms with E-state index >= 15 is 0 Å². The van der Waals surface area contributed by atoms with Gasteiger partial charge < -0.3 is 20.3 Å². The maximum Gasteiger partial charge on any atom is 0.242 e. The molecule has 1 atom stereocenters. The highest BCUT2D eigenvalue weighted by Crippen LogP contribution is 2.30. The Morgan fingerprint density at radius 3 is 2.89 bits per heavy atom. The van der Waals surface area contributed by atoms with Gasteiger partial charge in [0.05, 0.1) is 7.11 Å². The fourth-order valence-electron chi connectivity index (χ4n) is 2.63. The smallest absolute Gasteiger partial charge is 0.242 e. The van der Waals surface area contributed by atoms with E-state index in [1.807, 2.05) is 0 Å². The summed E-state index contributed by atoms with van der Waals surface area (Å²) in [6, 6.07) is 0.425. The maximum atomic E-state index is 6.12. The maximum absolute atomic E-state index is 6.12. The van der Waals surface area contributed by atoms with E-state index in [2.05, 4.69) is 33.7 Å². The van der Waals surface area contributed by atoms with Crippen LogP contribution in [0, 0.1) is 0 Å². The van der Waals surface area contributed by atoms with Crippen LogP contribution in [0.5, 0.6) is 5.88 Å². The van der Waals surface area contributed by atoms with Gasteiger partial charge >= 0.3 is 0 Å². The molecule has 0 saturated carbocycles. The largest absolute Gasteiger partial charge is 0.479 e. The number of aromatic nitrogens is 2. The molecule has 2 heterocycles. The van der Waals surface area contributed by atoms with Crippen molar-refractivity contribution in [2.75, 3.05) is 44.4 Å². The van der Waals surface area contributed by atoms with Gasteiger partial charge in [-0.25, -0.2) is 4.98 Å². The number of nitrogen functional groups attached to an aromatic ring is 1. The van der Waals surface area contributed by atoms with Crippen LogP contribution in [-0.4, -0.2) is 54.7 Å². The zero-order chi connectivity index (χ0) is 13.8. The molecule has 1 aliphatic rings. The first-order valence-corrected chi connectivity index (χ1v) is 6.77. The Hall–Kier alpha value is -1.56. The van der Waals surface area contributed by atoms with Crippen molar-refractivity contribution in [1.82, 2.24) is 14.9 Å². The molecule has 1 fully saturated rings. The molecule has 19 heavy (non-hydrogen) atoms. The summed E-state index contributed by atoms with van der Waals surface area (Å²) in [6.07, 6.45) is 3.70. The standard InChI is InChI=1S/C13H23N5O/c1-4-10-8-17(2)6-5-7-18(10)12-11(14)13(19-3)16-9-15-12/h9-10H,4-8,14H2,1-3H3. The number of hydrogen-bond acceptors (Lipinski definition) is 6. The number of rotatable bonds is 3. The lowest BCUT2D eigenvalue weighted by atomic mass is 10.2. The van der Waals surface area contributed by atoms with Gasteiger partial charge in [-0.15, -0.1) is 0 Å². The minimum absolute atomic E-state index is 0.425. The molecule has 6 heteroatoms. The molecule has 0 aromatic carbocycles. The van der Waals surface area contributed by atoms with Crippen LogP contribution in [0.25, 0.3) is 0 Å². The molecular weight excluding hydrogens is 242 g/mol. The van der Waals surface area contributed by atoms with Gasteiger partial charge in [0.15, 0.2) is 5.82 Å². The Morgan fingerprint density at radius 2 is 2.21 bits per heavy atom. The summed E-state index contributed by atoms with van der Waals surface area (Å²) < 4.78 is 5.18. The van der Waals surface area contributed by atoms with Gasteiger partial charge in [-0.1, -0.05) is 6.92 Å². The Labute approximate surface area is 114 Å². The van der Waals surface area contributed by atoms with Gasteiger partial charge in [0.25, 0.3) is 0 Å². The monoisotopic (exact) mass is 265 g/mol. The average molecular weight is 265 g/mol. The molecule has 6 nitrogen and oxygen atoms in total. The van der Waals surface area contributed by atoms with E-state index in [-0.39, 0.29) is 0 Å². The third-order valence-electron chi connectivity index (χ3n) is 3.67. The lowest BCUT2D eigenvalue weighted by Crippen LogP contribution is -2.40. The van der Waals surface area contributed by atoms with E-state index in [4.69, 9.17) is 10.5 Å². The minimum atomic E-state index is 0.425. The molecule has 1 unspecified atom stereocenters. The predicted octanol–water partition coefficient (Wildman–Crippen LogP) is 0.988. The highest BCUT2D eigenvalue weighted by molar-refractivity contribution is 5.68. The van der Waals surface area contributed by atoms with Crippen LogP contribution in [0.3, 0.4) is 0 Å². The second-order valence-electron chi connectivity index (χ2n) is 4.99. The van der Waals surface area contributed by atoms with Crippen LogP contribution in [0.4, 0.5) is 11.5 Å². The molecule has 0 amide bonds. The molecule has 0 spiro atoms. The first kappa shape index (κ1) is 13.9. The van der Waals surface area contributed by atoms with E-state index < -0.39 is 0 Å². The van der Waals surface area contributed by atoms with Crippen molar-refractivity contribution in [3.8, 4) is 5.88 Å². The van der Waals surface area contributed by atoms with Crippen molar-refractivity contribution in [2.24, 2.45) is 0 Å². The molecule has 106 valence electrons. The van der Waals surface area contributed by atoms with Crippen LogP contribution in [0.1, 0.15) is 19.8 Å². The number of methoxy groups -OCH3 is 1. The number of nitrogens with zero attached hydrogens (tertiary/aromatic N) is 4. The summed E-state index contributed by atoms with van der Waals surface area (Å²) in [5.41, 5.74) is 6.66. The van der Waals surface area contributed by atoms with Crippen molar-refractivity contribution in [1.29, 1.82) is 0 Å². The lowest BCUT2D eigenvalue weighted by molar-refractivity contribution is 0.327. The first-order valence-electron chi connectivity index (χ1n) is 6.77. The van der Waals surface area contributed by atoms with Crippen molar-refractivity contribution in [3.63, 3.8) is 0 Å². The fourth-order valence-corrected chi connectivity index (χ4v) is 2.63. The summed E-state index contributed by atoms with van der Waals surface area (Å²) in [7, 11) is 3.74. The van der Waals surface area contributed by atoms with E-state index in [1.54, 1.807) is 7.11 Å². The Balaban J connectivity index is 2.32. The number of anilines is 2. The zero-order valence-corrected chi connectivity index (χ0v) is 12.0. The molecule has 1 saturated heterocycles. The third kappa shape index (κ3) is 2.89. The Bertz CT molecular complexity index is 425. The lowest BCUT2D eigenvalue weighted by Gasteiger charge is -2.32. The SMILES string of the molecule is CCC1CN(C)CCCN1c1ncnc(OC)c1N. The highest BCUT2D eigenvalue weighted by Gasteiger charge is 2.25. The molecule has 1 aromatic heterocycles. The third-order valence-corrected chi connectivity index (χ3v) is 3.67. The van der Waals surface area contributed by atoms with Crippen molar-refractivity contribution in [3.05, 3.63) is 6.33 Å². The molecule has 0 aliphatic carbocycles. The number of hydrogen-bond donors (Lipinski definition) is 1. The molecular formula is C13H23N5O. The van der Waals surface area contributed by atoms with Gasteiger partial charge in [0.2, 0.25) is 5.88 Å². The minimum Gasteiger partial charge on any atom is -0.479 e. The van der Waals surface area contributed by atoms with E-state index in [1.165, 1.54) is 6.33 Å². The molecule has 1 aromatic rings. The van der Waals surface area contributed by atoms with Gasteiger partial charge in [-0.2, -0.15) is 4.98 Å². The molecule has 2 rings (SSSR count). The van der Waals surface area contributed by atoms with E-state index in [0.29, 0.717) is 17.6 Å². The number of nitrogens with two attached hydrogens (primary N) is 1. The Kier molecular flexibility index (Phi) is 4.42. The fraction of sp³-hybridized carbons (Fsp3) is 0.692. The van der Waals surface area contributed by atoms with Crippen LogP contribution < -0.4 is 15.4 Å². The molecule has 1 aliphatic heterocycles. The van der Waals surface area contributed by atoms with Crippen molar-refractivity contribution in [2.45, 2.75) is 25.8 Å². The summed E-state index contributed by atoms with van der Waals surface area (Å²) in [5, 5.41) is 0. The summed E-state index contributed by atoms with van der Waals surface area (Å²) in [6.45, 7) is 5.30. The normalized spacial score (nSPS) is 21.2. The van der Waals surface area contributed by atoms with Gasteiger partial charge in [0, 0.05) is 19.1 Å². The van der Waals surface area contributed by atoms with Crippen molar-refractivity contribution >= 4 is 11.5 Å². The van der Waals surface area contributed by atoms with Crippen LogP contribution in [0.2, 0.25) is 0 Å². The van der Waals surface area contributed by atoms with Gasteiger partial charge in [0.1, 0.15) is 12.0 Å². The molecule has 0 bridgehead atoms. The molecule has 2 N–H and O–H groups in total. The summed E-state index contributed by atoms with van der Waals surface area (Å²) in [5.74, 6) is 1.26. The topological polar surface area (TPSA) is 67.5 Å². The van der Waals surface area contributed by atoms with Gasteiger partial charge in [-0.3, -0.25) is 0 Å². The zero-order valence-electron chi connectivity index (χ0n) is 12.0. The quantitative estimate of drug-likeness (QED) is 0.879. The van der Waals surface area contributed by atoms with E-state index in [0.717, 1.165) is 38.3 Å². The van der Waals surface area contributed by atoms with Crippen LogP contribution >= 0.6 is 0 Å². The summed E-state index contributed by atoms with van der Waals surface area (Å²) in [4.78, 5) is 13.1. The average Bonchev–Trinajstić information content (AvgIpc) is 2.60. The predicted molar refractivity (Wildman–Crippen MR) is 76.5 cm³/mol. The first-order chi connectivity index (χ1) is 9.17. The highest BCUT2D eigenvalue weighted by atomic mass is 16.5. The number of likely N-dealkylation sites (N-methyl/N-ethyl adjacent to an activating group) is 1. The van der Waals surface area contributed by atoms with Crippen molar-refractivity contribution < 1.29 is 4.74 Å². The van der Waals surface area contributed by atoms with E-state index in [9.17, 15) is 0 Å². The second-order valence-corrected chi connectivity index (χ2v) is 4.99. The number of ether oxygens (including phenoxy) is 1. The van der Waals surface area contributed by atoms with Crippen LogP contribution in [-0.2, 0) is 0 Å². The van der Waals surface area contributed by atoms with Gasteiger partial charge in [-0.05, 0) is 26.4 Å². The molecule has 0 radical (unpaired) electrons. The van der Waals surface area contributed by atoms with Crippen LogP contribution in [0.15, 0.2) is 6.33 Å². The Morgan fingerprint density at radius 1 is 1.42 bits per heavy atom.